The van der Waals surface area contributed by atoms with Gasteiger partial charge in [0.2, 0.25) is 0 Å². The van der Waals surface area contributed by atoms with E-state index in [2.05, 4.69) is 63.6 Å². The first-order valence-electron chi connectivity index (χ1n) is 5.84. The van der Waals surface area contributed by atoms with Gasteiger partial charge in [0.25, 0.3) is 0 Å². The Kier molecular flexibility index (Phi) is 3.82. The third-order valence-electron chi connectivity index (χ3n) is 3.35. The van der Waals surface area contributed by atoms with Crippen molar-refractivity contribution in [3.05, 3.63) is 45.2 Å². The van der Waals surface area contributed by atoms with Crippen LogP contribution < -0.4 is 5.32 Å². The van der Waals surface area contributed by atoms with Gasteiger partial charge >= 0.3 is 0 Å². The molecule has 0 saturated heterocycles. The van der Waals surface area contributed by atoms with Crippen LogP contribution in [0.2, 0.25) is 0 Å². The van der Waals surface area contributed by atoms with Gasteiger partial charge in [-0.3, -0.25) is 0 Å². The lowest BCUT2D eigenvalue weighted by Gasteiger charge is -2.20. The van der Waals surface area contributed by atoms with E-state index in [1.54, 1.807) is 4.68 Å². The second kappa shape index (κ2) is 5.20. The maximum atomic E-state index is 4.05. The molecular formula is C13H17BrN4. The molecule has 2 aromatic rings. The highest BCUT2D eigenvalue weighted by molar-refractivity contribution is 9.10. The molecule has 0 saturated carbocycles. The van der Waals surface area contributed by atoms with Gasteiger partial charge in [0.15, 0.2) is 4.60 Å². The van der Waals surface area contributed by atoms with E-state index in [0.29, 0.717) is 0 Å². The lowest BCUT2D eigenvalue weighted by Crippen LogP contribution is -2.22. The number of benzene rings is 1. The average molecular weight is 309 g/mol. The van der Waals surface area contributed by atoms with E-state index >= 15 is 0 Å². The molecule has 0 amide bonds. The molecule has 0 aliphatic carbocycles. The third kappa shape index (κ3) is 2.20. The fourth-order valence-electron chi connectivity index (χ4n) is 2.17. The van der Waals surface area contributed by atoms with E-state index in [-0.39, 0.29) is 6.04 Å². The van der Waals surface area contributed by atoms with Crippen LogP contribution in [0.1, 0.15) is 28.4 Å². The second-order valence-electron chi connectivity index (χ2n) is 4.40. The Balaban J connectivity index is 2.56. The first kappa shape index (κ1) is 13.2. The molecule has 5 heteroatoms. The largest absolute Gasteiger partial charge is 0.308 e. The van der Waals surface area contributed by atoms with Crippen LogP contribution in [0.25, 0.3) is 0 Å². The minimum atomic E-state index is 0.0827. The van der Waals surface area contributed by atoms with Crippen LogP contribution in [0.3, 0.4) is 0 Å². The van der Waals surface area contributed by atoms with Gasteiger partial charge in [-0.2, -0.15) is 0 Å². The van der Waals surface area contributed by atoms with E-state index in [0.717, 1.165) is 10.3 Å². The quantitative estimate of drug-likeness (QED) is 0.947. The first-order chi connectivity index (χ1) is 8.56. The van der Waals surface area contributed by atoms with Crippen LogP contribution in [0.5, 0.6) is 0 Å². The van der Waals surface area contributed by atoms with Gasteiger partial charge < -0.3 is 5.32 Å². The summed E-state index contributed by atoms with van der Waals surface area (Å²) >= 11 is 3.46. The van der Waals surface area contributed by atoms with Crippen molar-refractivity contribution in [1.29, 1.82) is 0 Å². The maximum Gasteiger partial charge on any atom is 0.153 e. The number of rotatable bonds is 3. The van der Waals surface area contributed by atoms with Crippen LogP contribution in [0.15, 0.2) is 22.8 Å². The molecule has 1 heterocycles. The minimum absolute atomic E-state index is 0.0827. The summed E-state index contributed by atoms with van der Waals surface area (Å²) in [5.41, 5.74) is 4.87. The Labute approximate surface area is 116 Å². The summed E-state index contributed by atoms with van der Waals surface area (Å²) in [6.07, 6.45) is 0. The molecule has 2 rings (SSSR count). The highest BCUT2D eigenvalue weighted by Crippen LogP contribution is 2.29. The van der Waals surface area contributed by atoms with Crippen molar-refractivity contribution >= 4 is 15.9 Å². The van der Waals surface area contributed by atoms with Crippen molar-refractivity contribution in [3.63, 3.8) is 0 Å². The minimum Gasteiger partial charge on any atom is -0.308 e. The zero-order chi connectivity index (χ0) is 13.3. The molecule has 96 valence electrons. The van der Waals surface area contributed by atoms with Crippen LogP contribution in [0, 0.1) is 13.8 Å². The monoisotopic (exact) mass is 308 g/mol. The Morgan fingerprint density at radius 3 is 2.61 bits per heavy atom. The van der Waals surface area contributed by atoms with Gasteiger partial charge in [-0.1, -0.05) is 23.4 Å². The molecule has 0 aliphatic rings. The van der Waals surface area contributed by atoms with Crippen molar-refractivity contribution in [1.82, 2.24) is 20.3 Å². The number of hydrogen-bond acceptors (Lipinski definition) is 3. The molecule has 18 heavy (non-hydrogen) atoms. The summed E-state index contributed by atoms with van der Waals surface area (Å²) in [7, 11) is 3.86. The molecule has 1 unspecified atom stereocenters. The predicted molar refractivity (Wildman–Crippen MR) is 75.5 cm³/mol. The number of aryl methyl sites for hydroxylation is 2. The fraction of sp³-hybridized carbons (Fsp3) is 0.385. The Morgan fingerprint density at radius 2 is 2.06 bits per heavy atom. The highest BCUT2D eigenvalue weighted by atomic mass is 79.9. The molecule has 0 radical (unpaired) electrons. The fourth-order valence-corrected chi connectivity index (χ4v) is 2.73. The number of nitrogens with one attached hydrogen (secondary N) is 1. The van der Waals surface area contributed by atoms with Crippen LogP contribution in [-0.4, -0.2) is 22.0 Å². The van der Waals surface area contributed by atoms with Crippen LogP contribution >= 0.6 is 15.9 Å². The number of aromatic nitrogens is 3. The zero-order valence-corrected chi connectivity index (χ0v) is 12.6. The average Bonchev–Trinajstić information content (AvgIpc) is 2.67. The molecule has 0 bridgehead atoms. The number of hydrogen-bond donors (Lipinski definition) is 1. The summed E-state index contributed by atoms with van der Waals surface area (Å²) in [6.45, 7) is 4.27. The lowest BCUT2D eigenvalue weighted by atomic mass is 9.96. The molecule has 1 N–H and O–H groups in total. The second-order valence-corrected chi connectivity index (χ2v) is 5.15. The van der Waals surface area contributed by atoms with E-state index in [9.17, 15) is 0 Å². The number of nitrogens with zero attached hydrogens (tertiary/aromatic N) is 3. The van der Waals surface area contributed by atoms with E-state index < -0.39 is 0 Å². The molecule has 0 aliphatic heterocycles. The SMILES string of the molecule is CNC(c1cccc(C)c1C)c1c(Br)nnn1C. The summed E-state index contributed by atoms with van der Waals surface area (Å²) in [4.78, 5) is 0. The Morgan fingerprint density at radius 1 is 1.33 bits per heavy atom. The van der Waals surface area contributed by atoms with Crippen LogP contribution in [0.4, 0.5) is 0 Å². The van der Waals surface area contributed by atoms with Gasteiger partial charge in [0.1, 0.15) is 0 Å². The normalized spacial score (nSPS) is 12.7. The predicted octanol–water partition coefficient (Wildman–Crippen LogP) is 2.50. The van der Waals surface area contributed by atoms with E-state index in [1.807, 2.05) is 14.1 Å². The molecule has 0 fully saturated rings. The van der Waals surface area contributed by atoms with Crippen molar-refractivity contribution in [2.75, 3.05) is 7.05 Å². The Bertz CT molecular complexity index is 543. The van der Waals surface area contributed by atoms with Gasteiger partial charge in [0.05, 0.1) is 11.7 Å². The maximum absolute atomic E-state index is 4.05. The summed E-state index contributed by atoms with van der Waals surface area (Å²) in [5.74, 6) is 0. The smallest absolute Gasteiger partial charge is 0.153 e. The van der Waals surface area contributed by atoms with Crippen LogP contribution in [-0.2, 0) is 7.05 Å². The van der Waals surface area contributed by atoms with Crippen molar-refractivity contribution in [2.45, 2.75) is 19.9 Å². The number of halogens is 1. The topological polar surface area (TPSA) is 42.7 Å². The standard InChI is InChI=1S/C13H17BrN4/c1-8-6-5-7-10(9(8)2)11(15-3)12-13(14)16-17-18(12)4/h5-7,11,15H,1-4H3. The lowest BCUT2D eigenvalue weighted by molar-refractivity contribution is 0.594. The molecule has 1 aromatic carbocycles. The third-order valence-corrected chi connectivity index (χ3v) is 3.91. The summed E-state index contributed by atoms with van der Waals surface area (Å²) < 4.78 is 2.58. The van der Waals surface area contributed by atoms with Crippen molar-refractivity contribution < 1.29 is 0 Å². The van der Waals surface area contributed by atoms with Gasteiger partial charge in [-0.25, -0.2) is 4.68 Å². The zero-order valence-electron chi connectivity index (χ0n) is 11.0. The summed E-state index contributed by atoms with van der Waals surface area (Å²) in [5, 5.41) is 11.4. The molecular weight excluding hydrogens is 292 g/mol. The molecule has 0 spiro atoms. The van der Waals surface area contributed by atoms with E-state index in [4.69, 9.17) is 0 Å². The van der Waals surface area contributed by atoms with Gasteiger partial charge in [0, 0.05) is 7.05 Å². The van der Waals surface area contributed by atoms with Crippen molar-refractivity contribution in [3.8, 4) is 0 Å². The van der Waals surface area contributed by atoms with Crippen molar-refractivity contribution in [2.24, 2.45) is 7.05 Å². The highest BCUT2D eigenvalue weighted by Gasteiger charge is 2.22. The van der Waals surface area contributed by atoms with Gasteiger partial charge in [-0.05, 0) is 53.5 Å². The first-order valence-corrected chi connectivity index (χ1v) is 6.64. The Hall–Kier alpha value is -1.20. The van der Waals surface area contributed by atoms with E-state index in [1.165, 1.54) is 16.7 Å². The van der Waals surface area contributed by atoms with Gasteiger partial charge in [-0.15, -0.1) is 5.10 Å². The molecule has 1 atom stereocenters. The summed E-state index contributed by atoms with van der Waals surface area (Å²) in [6, 6.07) is 6.43. The molecule has 4 nitrogen and oxygen atoms in total. The molecule has 1 aromatic heterocycles.